The zero-order chi connectivity index (χ0) is 53.8. The zero-order valence-corrected chi connectivity index (χ0v) is 47.8. The number of carbonyl (C=O) groups is 2. The van der Waals surface area contributed by atoms with E-state index in [2.05, 4.69) is 30.5 Å². The summed E-state index contributed by atoms with van der Waals surface area (Å²) < 4.78 is 16.7. The van der Waals surface area contributed by atoms with Crippen LogP contribution >= 0.6 is 0 Å². The molecule has 1 heterocycles. The number of hydrogen-bond acceptors (Lipinski definition) is 10. The maximum atomic E-state index is 13.0. The third-order valence-electron chi connectivity index (χ3n) is 14.8. The van der Waals surface area contributed by atoms with Crippen LogP contribution in [0.4, 0.5) is 0 Å². The Morgan fingerprint density at radius 1 is 0.514 bits per heavy atom. The lowest BCUT2D eigenvalue weighted by molar-refractivity contribution is -0.302. The highest BCUT2D eigenvalue weighted by Gasteiger charge is 2.44. The summed E-state index contributed by atoms with van der Waals surface area (Å²) in [7, 11) is 0. The Bertz CT molecular complexity index is 1320. The van der Waals surface area contributed by atoms with Gasteiger partial charge in [0.25, 0.3) is 0 Å². The Morgan fingerprint density at radius 2 is 0.905 bits per heavy atom. The maximum Gasteiger partial charge on any atom is 0.305 e. The number of allylic oxidation sites excluding steroid dienone is 5. The van der Waals surface area contributed by atoms with Crippen LogP contribution in [0.2, 0.25) is 0 Å². The largest absolute Gasteiger partial charge is 0.466 e. The quantitative estimate of drug-likeness (QED) is 0.0195. The number of unbranched alkanes of at least 4 members (excludes halogenated alkanes) is 37. The van der Waals surface area contributed by atoms with Gasteiger partial charge in [-0.3, -0.25) is 9.59 Å². The number of nitrogens with one attached hydrogen (secondary N) is 1. The topological polar surface area (TPSA) is 175 Å². The van der Waals surface area contributed by atoms with Gasteiger partial charge in [-0.1, -0.05) is 262 Å². The monoisotopic (exact) mass is 1050 g/mol. The van der Waals surface area contributed by atoms with Gasteiger partial charge in [0.05, 0.1) is 32.0 Å². The van der Waals surface area contributed by atoms with Gasteiger partial charge in [0.15, 0.2) is 6.29 Å². The normalized spacial score (nSPS) is 19.0. The molecule has 0 saturated carbocycles. The number of aliphatic hydroxyl groups is 5. The van der Waals surface area contributed by atoms with E-state index >= 15 is 0 Å². The predicted molar refractivity (Wildman–Crippen MR) is 306 cm³/mol. The van der Waals surface area contributed by atoms with Crippen molar-refractivity contribution in [3.63, 3.8) is 0 Å². The van der Waals surface area contributed by atoms with Crippen LogP contribution in [-0.2, 0) is 23.8 Å². The van der Waals surface area contributed by atoms with E-state index < -0.39 is 49.5 Å². The van der Waals surface area contributed by atoms with E-state index in [0.29, 0.717) is 19.4 Å². The molecule has 0 radical (unpaired) electrons. The molecule has 0 aliphatic carbocycles. The summed E-state index contributed by atoms with van der Waals surface area (Å²) in [6.07, 6.45) is 55.8. The summed E-state index contributed by atoms with van der Waals surface area (Å²) in [6, 6.07) is -0.831. The second-order valence-electron chi connectivity index (χ2n) is 21.8. The standard InChI is InChI=1S/C63H117NO10/c1-3-5-7-9-11-13-30-35-39-43-47-51-59(68)72-52-48-44-40-36-32-29-27-25-23-21-19-17-15-14-16-18-20-22-24-26-28-31-34-38-42-46-50-58(67)64-55(56(66)49-45-41-37-33-12-10-8-6-4-2)54-73-63-62(71)61(70)60(69)57(53-65)74-63/h4,6,12,33,45,49,55-57,60-63,65-66,69-71H,3,5,7-11,13-32,34-44,46-48,50-54H2,1-2H3,(H,64,67)/b6-4+,33-12+,49-45+. The van der Waals surface area contributed by atoms with Crippen LogP contribution in [-0.4, -0.2) is 100 Å². The molecule has 7 atom stereocenters. The Balaban J connectivity index is 1.96. The molecule has 7 unspecified atom stereocenters. The molecule has 1 rings (SSSR count). The fourth-order valence-corrected chi connectivity index (χ4v) is 9.89. The van der Waals surface area contributed by atoms with Crippen LogP contribution in [0.25, 0.3) is 0 Å². The van der Waals surface area contributed by atoms with Crippen molar-refractivity contribution in [1.29, 1.82) is 0 Å². The first kappa shape index (κ1) is 69.9. The molecule has 0 aromatic carbocycles. The van der Waals surface area contributed by atoms with E-state index in [4.69, 9.17) is 14.2 Å². The maximum absolute atomic E-state index is 13.0. The Kier molecular flexibility index (Phi) is 50.0. The van der Waals surface area contributed by atoms with Crippen molar-refractivity contribution in [2.24, 2.45) is 0 Å². The average molecular weight is 1050 g/mol. The van der Waals surface area contributed by atoms with Crippen molar-refractivity contribution >= 4 is 11.9 Å². The van der Waals surface area contributed by atoms with Crippen LogP contribution in [0.1, 0.15) is 290 Å². The number of rotatable bonds is 54. The van der Waals surface area contributed by atoms with Gasteiger partial charge >= 0.3 is 5.97 Å². The summed E-state index contributed by atoms with van der Waals surface area (Å²) in [5.41, 5.74) is 0. The minimum absolute atomic E-state index is 0.00613. The number of hydrogen-bond donors (Lipinski definition) is 6. The third-order valence-corrected chi connectivity index (χ3v) is 14.8. The summed E-state index contributed by atoms with van der Waals surface area (Å²) in [5, 5.41) is 54.2. The molecule has 6 N–H and O–H groups in total. The fraction of sp³-hybridized carbons (Fsp3) is 0.873. The van der Waals surface area contributed by atoms with Gasteiger partial charge in [-0.05, 0) is 51.9 Å². The second kappa shape index (κ2) is 52.9. The molecule has 0 aromatic heterocycles. The summed E-state index contributed by atoms with van der Waals surface area (Å²) in [4.78, 5) is 25.0. The van der Waals surface area contributed by atoms with Crippen molar-refractivity contribution in [2.45, 2.75) is 333 Å². The van der Waals surface area contributed by atoms with Gasteiger partial charge in [-0.25, -0.2) is 0 Å². The minimum atomic E-state index is -1.58. The van der Waals surface area contributed by atoms with Crippen molar-refractivity contribution in [1.82, 2.24) is 5.32 Å². The van der Waals surface area contributed by atoms with E-state index in [0.717, 1.165) is 64.2 Å². The van der Waals surface area contributed by atoms with Crippen molar-refractivity contribution in [3.05, 3.63) is 36.5 Å². The second-order valence-corrected chi connectivity index (χ2v) is 21.8. The molecule has 1 saturated heterocycles. The molecule has 0 bridgehead atoms. The SMILES string of the molecule is C/C=C/CC/C=C/CC/C=C/C(O)C(COC1OC(CO)C(O)C(O)C1O)NC(=O)CCCCCCCCCCCCCCCCCCCCCCCCCCCCOC(=O)CCCCCCCCCCCCC. The molecule has 434 valence electrons. The minimum Gasteiger partial charge on any atom is -0.466 e. The first-order valence-electron chi connectivity index (χ1n) is 31.2. The van der Waals surface area contributed by atoms with Gasteiger partial charge in [0.1, 0.15) is 24.4 Å². The average Bonchev–Trinajstić information content (AvgIpc) is 3.40. The van der Waals surface area contributed by atoms with Gasteiger partial charge in [-0.2, -0.15) is 0 Å². The molecule has 11 heteroatoms. The molecule has 1 aliphatic heterocycles. The van der Waals surface area contributed by atoms with Crippen LogP contribution in [0.3, 0.4) is 0 Å². The van der Waals surface area contributed by atoms with E-state index in [-0.39, 0.29) is 18.5 Å². The number of amides is 1. The highest BCUT2D eigenvalue weighted by Crippen LogP contribution is 2.23. The highest BCUT2D eigenvalue weighted by molar-refractivity contribution is 5.76. The number of carbonyl (C=O) groups excluding carboxylic acids is 2. The Morgan fingerprint density at radius 3 is 1.34 bits per heavy atom. The van der Waals surface area contributed by atoms with E-state index in [1.807, 2.05) is 19.1 Å². The smallest absolute Gasteiger partial charge is 0.305 e. The van der Waals surface area contributed by atoms with Crippen LogP contribution in [0, 0.1) is 0 Å². The molecular weight excluding hydrogens is 931 g/mol. The summed E-state index contributed by atoms with van der Waals surface area (Å²) in [6.45, 7) is 4.10. The van der Waals surface area contributed by atoms with Crippen LogP contribution in [0.15, 0.2) is 36.5 Å². The molecule has 1 aliphatic rings. The lowest BCUT2D eigenvalue weighted by Crippen LogP contribution is -2.60. The first-order chi connectivity index (χ1) is 36.2. The summed E-state index contributed by atoms with van der Waals surface area (Å²) in [5.74, 6) is -0.191. The van der Waals surface area contributed by atoms with Gasteiger partial charge < -0.3 is 45.1 Å². The Hall–Kier alpha value is -2.12. The van der Waals surface area contributed by atoms with Crippen LogP contribution < -0.4 is 5.32 Å². The fourth-order valence-electron chi connectivity index (χ4n) is 9.89. The van der Waals surface area contributed by atoms with E-state index in [1.54, 1.807) is 6.08 Å². The molecule has 74 heavy (non-hydrogen) atoms. The lowest BCUT2D eigenvalue weighted by Gasteiger charge is -2.40. The number of esters is 1. The predicted octanol–water partition coefficient (Wildman–Crippen LogP) is 14.7. The molecule has 0 aromatic rings. The van der Waals surface area contributed by atoms with Crippen molar-refractivity contribution in [2.75, 3.05) is 19.8 Å². The van der Waals surface area contributed by atoms with Gasteiger partial charge in [-0.15, -0.1) is 0 Å². The molecule has 1 fully saturated rings. The number of aliphatic hydroxyl groups excluding tert-OH is 5. The van der Waals surface area contributed by atoms with Crippen molar-refractivity contribution in [3.8, 4) is 0 Å². The lowest BCUT2D eigenvalue weighted by atomic mass is 9.99. The third kappa shape index (κ3) is 42.0. The molecular formula is C63H117NO10. The van der Waals surface area contributed by atoms with E-state index in [9.17, 15) is 35.1 Å². The van der Waals surface area contributed by atoms with Gasteiger partial charge in [0, 0.05) is 12.8 Å². The van der Waals surface area contributed by atoms with E-state index in [1.165, 1.54) is 199 Å². The van der Waals surface area contributed by atoms with Crippen LogP contribution in [0.5, 0.6) is 0 Å². The zero-order valence-electron chi connectivity index (χ0n) is 47.8. The first-order valence-corrected chi connectivity index (χ1v) is 31.2. The molecule has 11 nitrogen and oxygen atoms in total. The summed E-state index contributed by atoms with van der Waals surface area (Å²) >= 11 is 0. The Labute approximate surface area is 453 Å². The number of ether oxygens (including phenoxy) is 3. The molecule has 0 spiro atoms. The van der Waals surface area contributed by atoms with Gasteiger partial charge in [0.2, 0.25) is 5.91 Å². The van der Waals surface area contributed by atoms with Crippen molar-refractivity contribution < 1.29 is 49.3 Å². The molecule has 1 amide bonds. The highest BCUT2D eigenvalue weighted by atomic mass is 16.7.